The van der Waals surface area contributed by atoms with Crippen LogP contribution in [-0.2, 0) is 0 Å². The topological polar surface area (TPSA) is 71.9 Å². The molecule has 1 N–H and O–H groups in total. The smallest absolute Gasteiger partial charge is 0.354 e. The maximum absolute atomic E-state index is 11.2. The van der Waals surface area contributed by atoms with Crippen LogP contribution in [0.2, 0.25) is 0 Å². The summed E-state index contributed by atoms with van der Waals surface area (Å²) in [5, 5.41) is 9.91. The second-order valence-corrected chi connectivity index (χ2v) is 4.45. The van der Waals surface area contributed by atoms with Gasteiger partial charge in [0.2, 0.25) is 0 Å². The number of carboxylic acids is 1. The van der Waals surface area contributed by atoms with Crippen LogP contribution < -0.4 is 14.4 Å². The van der Waals surface area contributed by atoms with E-state index < -0.39 is 5.97 Å². The summed E-state index contributed by atoms with van der Waals surface area (Å²) in [6, 6.07) is 4.97. The first-order chi connectivity index (χ1) is 9.47. The van der Waals surface area contributed by atoms with Gasteiger partial charge >= 0.3 is 5.97 Å². The van der Waals surface area contributed by atoms with E-state index in [-0.39, 0.29) is 5.69 Å². The number of nitrogens with zero attached hydrogens (tertiary/aromatic N) is 2. The highest BCUT2D eigenvalue weighted by molar-refractivity contribution is 6.01. The summed E-state index contributed by atoms with van der Waals surface area (Å²) in [6.07, 6.45) is 0. The average molecular weight is 276 g/mol. The lowest BCUT2D eigenvalue weighted by Crippen LogP contribution is -2.12. The van der Waals surface area contributed by atoms with E-state index in [0.29, 0.717) is 17.0 Å². The Kier molecular flexibility index (Phi) is 3.65. The monoisotopic (exact) mass is 276 g/mol. The number of pyridine rings is 1. The van der Waals surface area contributed by atoms with Crippen LogP contribution in [0.15, 0.2) is 18.2 Å². The number of carboxylic acid groups (broad SMARTS) is 1. The average Bonchev–Trinajstić information content (AvgIpc) is 2.44. The molecule has 1 aromatic heterocycles. The predicted molar refractivity (Wildman–Crippen MR) is 76.1 cm³/mol. The highest BCUT2D eigenvalue weighted by Gasteiger charge is 2.17. The molecule has 0 unspecified atom stereocenters. The molecule has 0 aliphatic heterocycles. The molecule has 0 saturated carbocycles. The zero-order chi connectivity index (χ0) is 14.9. The van der Waals surface area contributed by atoms with Crippen molar-refractivity contribution >= 4 is 22.6 Å². The fourth-order valence-corrected chi connectivity index (χ4v) is 2.03. The normalized spacial score (nSPS) is 10.4. The zero-order valence-corrected chi connectivity index (χ0v) is 11.8. The van der Waals surface area contributed by atoms with Crippen LogP contribution in [0.1, 0.15) is 10.5 Å². The summed E-state index contributed by atoms with van der Waals surface area (Å²) in [4.78, 5) is 17.2. The van der Waals surface area contributed by atoms with Gasteiger partial charge in [-0.15, -0.1) is 0 Å². The largest absolute Gasteiger partial charge is 0.497 e. The van der Waals surface area contributed by atoms with Crippen molar-refractivity contribution in [1.82, 2.24) is 4.98 Å². The van der Waals surface area contributed by atoms with Crippen LogP contribution in [-0.4, -0.2) is 44.4 Å². The summed E-state index contributed by atoms with van der Waals surface area (Å²) < 4.78 is 10.6. The highest BCUT2D eigenvalue weighted by atomic mass is 16.5. The maximum atomic E-state index is 11.2. The van der Waals surface area contributed by atoms with E-state index in [0.717, 1.165) is 11.1 Å². The molecule has 0 fully saturated rings. The molecule has 1 aromatic carbocycles. The van der Waals surface area contributed by atoms with Gasteiger partial charge in [-0.25, -0.2) is 9.78 Å². The molecule has 0 radical (unpaired) electrons. The van der Waals surface area contributed by atoms with Crippen molar-refractivity contribution < 1.29 is 19.4 Å². The third kappa shape index (κ3) is 2.32. The molecule has 0 aliphatic rings. The number of anilines is 1. The van der Waals surface area contributed by atoms with Crippen molar-refractivity contribution in [3.63, 3.8) is 0 Å². The molecule has 0 spiro atoms. The standard InChI is InChI=1S/C14H16N2O4/c1-16(2)11-7-10(14(17)18)15-9-5-8(19-3)6-12(20-4)13(9)11/h5-7H,1-4H3,(H,17,18). The molecular formula is C14H16N2O4. The molecule has 2 aromatic rings. The lowest BCUT2D eigenvalue weighted by atomic mass is 10.1. The fourth-order valence-electron chi connectivity index (χ4n) is 2.03. The van der Waals surface area contributed by atoms with Gasteiger partial charge in [0.15, 0.2) is 5.69 Å². The van der Waals surface area contributed by atoms with Crippen molar-refractivity contribution in [3.8, 4) is 11.5 Å². The first kappa shape index (κ1) is 13.9. The Hall–Kier alpha value is -2.50. The van der Waals surface area contributed by atoms with E-state index >= 15 is 0 Å². The summed E-state index contributed by atoms with van der Waals surface area (Å²) >= 11 is 0. The third-order valence-electron chi connectivity index (χ3n) is 2.98. The van der Waals surface area contributed by atoms with Gasteiger partial charge in [0, 0.05) is 26.2 Å². The lowest BCUT2D eigenvalue weighted by molar-refractivity contribution is 0.0691. The number of hydrogen-bond acceptors (Lipinski definition) is 5. The third-order valence-corrected chi connectivity index (χ3v) is 2.98. The Morgan fingerprint density at radius 2 is 1.90 bits per heavy atom. The molecule has 106 valence electrons. The van der Waals surface area contributed by atoms with Gasteiger partial charge in [-0.1, -0.05) is 0 Å². The lowest BCUT2D eigenvalue weighted by Gasteiger charge is -2.18. The number of fused-ring (bicyclic) bond motifs is 1. The van der Waals surface area contributed by atoms with Gasteiger partial charge in [-0.05, 0) is 6.07 Å². The molecule has 0 atom stereocenters. The molecule has 6 nitrogen and oxygen atoms in total. The van der Waals surface area contributed by atoms with Crippen LogP contribution in [0.3, 0.4) is 0 Å². The number of rotatable bonds is 4. The van der Waals surface area contributed by atoms with E-state index in [2.05, 4.69) is 4.98 Å². The maximum Gasteiger partial charge on any atom is 0.354 e. The van der Waals surface area contributed by atoms with Gasteiger partial charge in [0.05, 0.1) is 30.8 Å². The Balaban J connectivity index is 2.88. The van der Waals surface area contributed by atoms with Gasteiger partial charge in [-0.3, -0.25) is 0 Å². The van der Waals surface area contributed by atoms with E-state index in [9.17, 15) is 4.79 Å². The van der Waals surface area contributed by atoms with Gasteiger partial charge in [-0.2, -0.15) is 0 Å². The number of aromatic carboxylic acids is 1. The number of benzene rings is 1. The Bertz CT molecular complexity index is 668. The van der Waals surface area contributed by atoms with Crippen molar-refractivity contribution in [2.45, 2.75) is 0 Å². The van der Waals surface area contributed by atoms with Crippen molar-refractivity contribution in [2.75, 3.05) is 33.2 Å². The summed E-state index contributed by atoms with van der Waals surface area (Å²) in [6.45, 7) is 0. The fraction of sp³-hybridized carbons (Fsp3) is 0.286. The predicted octanol–water partition coefficient (Wildman–Crippen LogP) is 2.02. The van der Waals surface area contributed by atoms with E-state index in [1.54, 1.807) is 19.2 Å². The molecule has 0 saturated heterocycles. The molecule has 0 aliphatic carbocycles. The molecule has 20 heavy (non-hydrogen) atoms. The van der Waals surface area contributed by atoms with Crippen LogP contribution in [0.4, 0.5) is 5.69 Å². The highest BCUT2D eigenvalue weighted by Crippen LogP contribution is 2.36. The van der Waals surface area contributed by atoms with Crippen molar-refractivity contribution in [2.24, 2.45) is 0 Å². The molecule has 0 bridgehead atoms. The Morgan fingerprint density at radius 3 is 2.40 bits per heavy atom. The van der Waals surface area contributed by atoms with E-state index in [4.69, 9.17) is 14.6 Å². The van der Waals surface area contributed by atoms with E-state index in [1.165, 1.54) is 13.2 Å². The molecule has 0 amide bonds. The van der Waals surface area contributed by atoms with E-state index in [1.807, 2.05) is 19.0 Å². The molecule has 1 heterocycles. The minimum absolute atomic E-state index is 0.0171. The number of aromatic nitrogens is 1. The molecule has 2 rings (SSSR count). The Labute approximate surface area is 116 Å². The summed E-state index contributed by atoms with van der Waals surface area (Å²) in [5.74, 6) is 0.0818. The first-order valence-corrected chi connectivity index (χ1v) is 5.95. The number of carbonyl (C=O) groups is 1. The van der Waals surface area contributed by atoms with Crippen LogP contribution in [0, 0.1) is 0 Å². The van der Waals surface area contributed by atoms with Crippen molar-refractivity contribution in [3.05, 3.63) is 23.9 Å². The minimum atomic E-state index is -1.07. The molecular weight excluding hydrogens is 260 g/mol. The quantitative estimate of drug-likeness (QED) is 0.921. The Morgan fingerprint density at radius 1 is 1.20 bits per heavy atom. The first-order valence-electron chi connectivity index (χ1n) is 5.95. The SMILES string of the molecule is COc1cc(OC)c2c(N(C)C)cc(C(=O)O)nc2c1. The van der Waals surface area contributed by atoms with Crippen LogP contribution in [0.5, 0.6) is 11.5 Å². The minimum Gasteiger partial charge on any atom is -0.497 e. The molecule has 6 heteroatoms. The van der Waals surface area contributed by atoms with Crippen LogP contribution in [0.25, 0.3) is 10.9 Å². The second-order valence-electron chi connectivity index (χ2n) is 4.45. The number of hydrogen-bond donors (Lipinski definition) is 1. The van der Waals surface area contributed by atoms with Crippen molar-refractivity contribution in [1.29, 1.82) is 0 Å². The van der Waals surface area contributed by atoms with Crippen LogP contribution >= 0.6 is 0 Å². The summed E-state index contributed by atoms with van der Waals surface area (Å²) in [7, 11) is 6.77. The second kappa shape index (κ2) is 5.24. The summed E-state index contributed by atoms with van der Waals surface area (Å²) in [5.41, 5.74) is 1.23. The zero-order valence-electron chi connectivity index (χ0n) is 11.8. The van der Waals surface area contributed by atoms with Gasteiger partial charge in [0.25, 0.3) is 0 Å². The van der Waals surface area contributed by atoms with Gasteiger partial charge < -0.3 is 19.5 Å². The van der Waals surface area contributed by atoms with Gasteiger partial charge in [0.1, 0.15) is 11.5 Å². The number of ether oxygens (including phenoxy) is 2. The number of methoxy groups -OCH3 is 2.